The zero-order chi connectivity index (χ0) is 15.0. The average molecular weight is 275 g/mol. The zero-order valence-electron chi connectivity index (χ0n) is 12.2. The van der Waals surface area contributed by atoms with Crippen LogP contribution in [0.5, 0.6) is 0 Å². The van der Waals surface area contributed by atoms with Gasteiger partial charge in [-0.2, -0.15) is 0 Å². The first-order valence-electron chi connectivity index (χ1n) is 6.64. The quantitative estimate of drug-likeness (QED) is 0.809. The van der Waals surface area contributed by atoms with Crippen LogP contribution in [0.15, 0.2) is 18.2 Å². The number of nitrogens with one attached hydrogen (secondary N) is 1. The Morgan fingerprint density at radius 2 is 2.20 bits per heavy atom. The Morgan fingerprint density at radius 1 is 1.45 bits per heavy atom. The molecule has 20 heavy (non-hydrogen) atoms. The number of hydrogen-bond donors (Lipinski definition) is 2. The second-order valence-corrected chi connectivity index (χ2v) is 4.71. The Morgan fingerprint density at radius 3 is 2.80 bits per heavy atom. The van der Waals surface area contributed by atoms with Gasteiger partial charge in [-0.15, -0.1) is 0 Å². The maximum Gasteiger partial charge on any atom is 0.250 e. The van der Waals surface area contributed by atoms with E-state index < -0.39 is 0 Å². The van der Waals surface area contributed by atoms with Crippen molar-refractivity contribution in [1.82, 2.24) is 0 Å². The monoisotopic (exact) mass is 275 g/mol. The van der Waals surface area contributed by atoms with E-state index in [1.807, 2.05) is 39.0 Å². The van der Waals surface area contributed by atoms with Gasteiger partial charge in [0.05, 0.1) is 12.7 Å². The number of aliphatic hydroxyl groups excluding tert-OH is 1. The molecule has 0 aromatic heterocycles. The van der Waals surface area contributed by atoms with Crippen LogP contribution in [0.4, 0.5) is 5.69 Å². The van der Waals surface area contributed by atoms with Gasteiger partial charge in [-0.25, -0.2) is 0 Å². The van der Waals surface area contributed by atoms with Gasteiger partial charge in [0.1, 0.15) is 6.61 Å². The molecule has 0 radical (unpaired) electrons. The second kappa shape index (κ2) is 8.36. The summed E-state index contributed by atoms with van der Waals surface area (Å²) in [5.74, 6) is 5.70. The standard InChI is InChI=1S/C16H21NO3/c1-12(2)20-11-16(19)17-15-8-7-14(13(3)10-15)6-4-5-9-18/h7-8,10,12,18H,5,9,11H2,1-3H3,(H,17,19). The number of ether oxygens (including phenoxy) is 1. The summed E-state index contributed by atoms with van der Waals surface area (Å²) >= 11 is 0. The third kappa shape index (κ3) is 5.87. The molecule has 0 saturated carbocycles. The van der Waals surface area contributed by atoms with E-state index in [1.165, 1.54) is 0 Å². The normalized spacial score (nSPS) is 10.1. The minimum Gasteiger partial charge on any atom is -0.395 e. The Bertz CT molecular complexity index is 512. The molecule has 4 nitrogen and oxygen atoms in total. The largest absolute Gasteiger partial charge is 0.395 e. The highest BCUT2D eigenvalue weighted by Gasteiger charge is 2.05. The summed E-state index contributed by atoms with van der Waals surface area (Å²) in [6.45, 7) is 5.82. The van der Waals surface area contributed by atoms with Crippen molar-refractivity contribution >= 4 is 11.6 Å². The maximum atomic E-state index is 11.6. The van der Waals surface area contributed by atoms with Crippen molar-refractivity contribution < 1.29 is 14.6 Å². The van der Waals surface area contributed by atoms with Crippen LogP contribution in [0.2, 0.25) is 0 Å². The molecule has 2 N–H and O–H groups in total. The highest BCUT2D eigenvalue weighted by Crippen LogP contribution is 2.14. The third-order valence-electron chi connectivity index (χ3n) is 2.52. The SMILES string of the molecule is Cc1cc(NC(=O)COC(C)C)ccc1C#CCCO. The van der Waals surface area contributed by atoms with Crippen LogP contribution in [0.25, 0.3) is 0 Å². The smallest absolute Gasteiger partial charge is 0.250 e. The molecule has 0 aliphatic heterocycles. The van der Waals surface area contributed by atoms with E-state index in [9.17, 15) is 4.79 Å². The van der Waals surface area contributed by atoms with Crippen LogP contribution in [0, 0.1) is 18.8 Å². The summed E-state index contributed by atoms with van der Waals surface area (Å²) in [4.78, 5) is 11.6. The molecule has 0 fully saturated rings. The van der Waals surface area contributed by atoms with Crippen LogP contribution < -0.4 is 5.32 Å². The molecule has 0 aliphatic rings. The van der Waals surface area contributed by atoms with E-state index in [1.54, 1.807) is 0 Å². The Hall–Kier alpha value is -1.83. The molecule has 0 spiro atoms. The Balaban J connectivity index is 2.64. The molecule has 108 valence electrons. The lowest BCUT2D eigenvalue weighted by atomic mass is 10.1. The van der Waals surface area contributed by atoms with E-state index in [2.05, 4.69) is 17.2 Å². The number of hydrogen-bond acceptors (Lipinski definition) is 3. The molecule has 1 rings (SSSR count). The van der Waals surface area contributed by atoms with Gasteiger partial charge >= 0.3 is 0 Å². The van der Waals surface area contributed by atoms with Crippen molar-refractivity contribution in [2.75, 3.05) is 18.5 Å². The molecule has 0 aliphatic carbocycles. The van der Waals surface area contributed by atoms with Gasteiger partial charge in [0.15, 0.2) is 0 Å². The van der Waals surface area contributed by atoms with E-state index in [-0.39, 0.29) is 25.2 Å². The molecule has 1 aromatic rings. The number of amides is 1. The number of carbonyl (C=O) groups excluding carboxylic acids is 1. The van der Waals surface area contributed by atoms with E-state index in [0.717, 1.165) is 16.8 Å². The van der Waals surface area contributed by atoms with Crippen LogP contribution >= 0.6 is 0 Å². The number of rotatable bonds is 5. The van der Waals surface area contributed by atoms with Gasteiger partial charge in [0, 0.05) is 17.7 Å². The zero-order valence-corrected chi connectivity index (χ0v) is 12.2. The first kappa shape index (κ1) is 16.2. The Kier molecular flexibility index (Phi) is 6.78. The van der Waals surface area contributed by atoms with Crippen LogP contribution in [0.1, 0.15) is 31.4 Å². The van der Waals surface area contributed by atoms with Gasteiger partial charge in [-0.1, -0.05) is 11.8 Å². The van der Waals surface area contributed by atoms with Crippen molar-refractivity contribution in [3.8, 4) is 11.8 Å². The molecular weight excluding hydrogens is 254 g/mol. The summed E-state index contributed by atoms with van der Waals surface area (Å²) in [5, 5.41) is 11.5. The lowest BCUT2D eigenvalue weighted by Gasteiger charge is -2.09. The maximum absolute atomic E-state index is 11.6. The first-order valence-corrected chi connectivity index (χ1v) is 6.64. The van der Waals surface area contributed by atoms with Crippen molar-refractivity contribution in [3.63, 3.8) is 0 Å². The van der Waals surface area contributed by atoms with Gasteiger partial charge in [-0.05, 0) is 44.5 Å². The number of carbonyl (C=O) groups is 1. The molecule has 0 heterocycles. The van der Waals surface area contributed by atoms with E-state index >= 15 is 0 Å². The second-order valence-electron chi connectivity index (χ2n) is 4.71. The fourth-order valence-electron chi connectivity index (χ4n) is 1.53. The number of aryl methyl sites for hydroxylation is 1. The predicted octanol–water partition coefficient (Wildman–Crippen LogP) is 2.09. The van der Waals surface area contributed by atoms with Crippen molar-refractivity contribution in [3.05, 3.63) is 29.3 Å². The summed E-state index contributed by atoms with van der Waals surface area (Å²) in [6.07, 6.45) is 0.497. The lowest BCUT2D eigenvalue weighted by Crippen LogP contribution is -2.20. The molecule has 0 atom stereocenters. The summed E-state index contributed by atoms with van der Waals surface area (Å²) in [5.41, 5.74) is 2.61. The molecule has 1 amide bonds. The fourth-order valence-corrected chi connectivity index (χ4v) is 1.53. The van der Waals surface area contributed by atoms with E-state index in [4.69, 9.17) is 9.84 Å². The Labute approximate surface area is 120 Å². The first-order chi connectivity index (χ1) is 9.52. The minimum absolute atomic E-state index is 0.0339. The molecule has 0 saturated heterocycles. The molecule has 0 unspecified atom stereocenters. The summed E-state index contributed by atoms with van der Waals surface area (Å²) < 4.78 is 5.24. The molecule has 0 bridgehead atoms. The van der Waals surface area contributed by atoms with Crippen molar-refractivity contribution in [2.24, 2.45) is 0 Å². The van der Waals surface area contributed by atoms with Gasteiger partial charge in [-0.3, -0.25) is 4.79 Å². The molecule has 1 aromatic carbocycles. The van der Waals surface area contributed by atoms with Gasteiger partial charge in [0.2, 0.25) is 5.91 Å². The fraction of sp³-hybridized carbons (Fsp3) is 0.438. The average Bonchev–Trinajstić information content (AvgIpc) is 2.39. The summed E-state index contributed by atoms with van der Waals surface area (Å²) in [7, 11) is 0. The van der Waals surface area contributed by atoms with Gasteiger partial charge in [0.25, 0.3) is 0 Å². The predicted molar refractivity (Wildman–Crippen MR) is 79.5 cm³/mol. The molecule has 4 heteroatoms. The van der Waals surface area contributed by atoms with Crippen LogP contribution in [0.3, 0.4) is 0 Å². The van der Waals surface area contributed by atoms with Gasteiger partial charge < -0.3 is 15.2 Å². The summed E-state index contributed by atoms with van der Waals surface area (Å²) in [6, 6.07) is 5.54. The molecular formula is C16H21NO3. The number of aliphatic hydroxyl groups is 1. The highest BCUT2D eigenvalue weighted by molar-refractivity contribution is 5.91. The highest BCUT2D eigenvalue weighted by atomic mass is 16.5. The van der Waals surface area contributed by atoms with Crippen molar-refractivity contribution in [2.45, 2.75) is 33.3 Å². The van der Waals surface area contributed by atoms with Crippen LogP contribution in [-0.4, -0.2) is 30.3 Å². The topological polar surface area (TPSA) is 58.6 Å². The van der Waals surface area contributed by atoms with Crippen LogP contribution in [-0.2, 0) is 9.53 Å². The minimum atomic E-state index is -0.169. The van der Waals surface area contributed by atoms with E-state index in [0.29, 0.717) is 6.42 Å². The van der Waals surface area contributed by atoms with Crippen molar-refractivity contribution in [1.29, 1.82) is 0 Å². The number of anilines is 1. The lowest BCUT2D eigenvalue weighted by molar-refractivity contribution is -0.121. The number of benzene rings is 1. The third-order valence-corrected chi connectivity index (χ3v) is 2.52.